The SMILES string of the molecule is CCC(=O)N[C@H](CO)c1cccc(N2CCN(C)[C@H](C)C2)n1. The molecule has 2 N–H and O–H groups in total. The highest BCUT2D eigenvalue weighted by atomic mass is 16.3. The van der Waals surface area contributed by atoms with Gasteiger partial charge in [-0.15, -0.1) is 0 Å². The maximum Gasteiger partial charge on any atom is 0.220 e. The Morgan fingerprint density at radius 3 is 2.91 bits per heavy atom. The third-order valence-corrected chi connectivity index (χ3v) is 4.24. The Hall–Kier alpha value is -1.66. The van der Waals surface area contributed by atoms with Crippen LogP contribution < -0.4 is 10.2 Å². The number of hydrogen-bond acceptors (Lipinski definition) is 5. The minimum Gasteiger partial charge on any atom is -0.394 e. The molecule has 6 nitrogen and oxygen atoms in total. The summed E-state index contributed by atoms with van der Waals surface area (Å²) in [6, 6.07) is 5.80. The molecular formula is C16H26N4O2. The molecule has 1 aromatic heterocycles. The van der Waals surface area contributed by atoms with Gasteiger partial charge in [-0.2, -0.15) is 0 Å². The summed E-state index contributed by atoms with van der Waals surface area (Å²) in [7, 11) is 2.13. The molecule has 0 spiro atoms. The Morgan fingerprint density at radius 2 is 2.27 bits per heavy atom. The van der Waals surface area contributed by atoms with E-state index in [2.05, 4.69) is 34.1 Å². The van der Waals surface area contributed by atoms with Gasteiger partial charge in [0.2, 0.25) is 5.91 Å². The van der Waals surface area contributed by atoms with Crippen LogP contribution in [0.1, 0.15) is 32.0 Å². The molecule has 1 aliphatic heterocycles. The van der Waals surface area contributed by atoms with Crippen LogP contribution in [0.4, 0.5) is 5.82 Å². The summed E-state index contributed by atoms with van der Waals surface area (Å²) in [6.45, 7) is 6.71. The second-order valence-corrected chi connectivity index (χ2v) is 5.85. The molecule has 1 saturated heterocycles. The van der Waals surface area contributed by atoms with E-state index >= 15 is 0 Å². The smallest absolute Gasteiger partial charge is 0.220 e. The molecule has 0 unspecified atom stereocenters. The predicted molar refractivity (Wildman–Crippen MR) is 86.8 cm³/mol. The fraction of sp³-hybridized carbons (Fsp3) is 0.625. The molecule has 22 heavy (non-hydrogen) atoms. The zero-order valence-electron chi connectivity index (χ0n) is 13.6. The number of pyridine rings is 1. The lowest BCUT2D eigenvalue weighted by molar-refractivity contribution is -0.121. The Labute approximate surface area is 132 Å². The van der Waals surface area contributed by atoms with E-state index < -0.39 is 6.04 Å². The number of hydrogen-bond donors (Lipinski definition) is 2. The monoisotopic (exact) mass is 306 g/mol. The van der Waals surface area contributed by atoms with E-state index in [-0.39, 0.29) is 12.5 Å². The van der Waals surface area contributed by atoms with Gasteiger partial charge in [-0.05, 0) is 26.1 Å². The largest absolute Gasteiger partial charge is 0.394 e. The van der Waals surface area contributed by atoms with Crippen LogP contribution in [-0.2, 0) is 4.79 Å². The highest BCUT2D eigenvalue weighted by Crippen LogP contribution is 2.19. The third-order valence-electron chi connectivity index (χ3n) is 4.24. The lowest BCUT2D eigenvalue weighted by atomic mass is 10.1. The van der Waals surface area contributed by atoms with Crippen LogP contribution in [0.25, 0.3) is 0 Å². The summed E-state index contributed by atoms with van der Waals surface area (Å²) >= 11 is 0. The number of rotatable bonds is 5. The molecule has 1 aliphatic rings. The van der Waals surface area contributed by atoms with E-state index in [1.165, 1.54) is 0 Å². The Bertz CT molecular complexity index is 509. The minimum absolute atomic E-state index is 0.0838. The van der Waals surface area contributed by atoms with Crippen LogP contribution in [0.5, 0.6) is 0 Å². The van der Waals surface area contributed by atoms with E-state index in [0.717, 1.165) is 25.5 Å². The molecule has 2 heterocycles. The molecular weight excluding hydrogens is 280 g/mol. The minimum atomic E-state index is -0.447. The zero-order valence-corrected chi connectivity index (χ0v) is 13.6. The number of amides is 1. The van der Waals surface area contributed by atoms with E-state index in [9.17, 15) is 9.90 Å². The summed E-state index contributed by atoms with van der Waals surface area (Å²) in [5.41, 5.74) is 0.702. The van der Waals surface area contributed by atoms with Crippen molar-refractivity contribution in [2.75, 3.05) is 38.2 Å². The Kier molecular flexibility index (Phi) is 5.74. The molecule has 0 aliphatic carbocycles. The topological polar surface area (TPSA) is 68.7 Å². The van der Waals surface area contributed by atoms with Crippen molar-refractivity contribution in [1.29, 1.82) is 0 Å². The highest BCUT2D eigenvalue weighted by Gasteiger charge is 2.22. The fourth-order valence-corrected chi connectivity index (χ4v) is 2.58. The average Bonchev–Trinajstić information content (AvgIpc) is 2.55. The number of aromatic nitrogens is 1. The maximum absolute atomic E-state index is 11.6. The molecule has 0 aromatic carbocycles. The molecule has 2 rings (SSSR count). The van der Waals surface area contributed by atoms with Crippen molar-refractivity contribution in [3.05, 3.63) is 23.9 Å². The van der Waals surface area contributed by atoms with Crippen LogP contribution in [0.2, 0.25) is 0 Å². The van der Waals surface area contributed by atoms with Crippen molar-refractivity contribution in [3.8, 4) is 0 Å². The molecule has 6 heteroatoms. The summed E-state index contributed by atoms with van der Waals surface area (Å²) in [6.07, 6.45) is 0.395. The quantitative estimate of drug-likeness (QED) is 0.841. The van der Waals surface area contributed by atoms with E-state index in [0.29, 0.717) is 18.2 Å². The van der Waals surface area contributed by atoms with Gasteiger partial charge in [0, 0.05) is 32.1 Å². The molecule has 122 valence electrons. The van der Waals surface area contributed by atoms with Crippen molar-refractivity contribution in [1.82, 2.24) is 15.2 Å². The van der Waals surface area contributed by atoms with Gasteiger partial charge in [-0.25, -0.2) is 4.98 Å². The molecule has 1 aromatic rings. The number of nitrogens with one attached hydrogen (secondary N) is 1. The van der Waals surface area contributed by atoms with Crippen molar-refractivity contribution in [2.45, 2.75) is 32.4 Å². The van der Waals surface area contributed by atoms with Crippen LogP contribution in [-0.4, -0.2) is 60.2 Å². The summed E-state index contributed by atoms with van der Waals surface area (Å²) in [5, 5.41) is 12.3. The molecule has 1 fully saturated rings. The first-order valence-corrected chi connectivity index (χ1v) is 7.87. The molecule has 1 amide bonds. The zero-order chi connectivity index (χ0) is 16.1. The number of carbonyl (C=O) groups excluding carboxylic acids is 1. The van der Waals surface area contributed by atoms with Gasteiger partial charge in [0.15, 0.2) is 0 Å². The molecule has 0 saturated carbocycles. The van der Waals surface area contributed by atoms with Crippen molar-refractivity contribution >= 4 is 11.7 Å². The van der Waals surface area contributed by atoms with E-state index in [1.807, 2.05) is 18.2 Å². The first-order chi connectivity index (χ1) is 10.5. The number of aliphatic hydroxyl groups is 1. The van der Waals surface area contributed by atoms with Crippen molar-refractivity contribution < 1.29 is 9.90 Å². The van der Waals surface area contributed by atoms with Gasteiger partial charge in [0.05, 0.1) is 18.3 Å². The third kappa shape index (κ3) is 3.96. The number of aliphatic hydroxyl groups excluding tert-OH is 1. The van der Waals surface area contributed by atoms with Gasteiger partial charge in [-0.1, -0.05) is 13.0 Å². The van der Waals surface area contributed by atoms with Crippen LogP contribution in [0.3, 0.4) is 0 Å². The summed E-state index contributed by atoms with van der Waals surface area (Å²) in [5.74, 6) is 0.820. The van der Waals surface area contributed by atoms with Crippen molar-refractivity contribution in [2.24, 2.45) is 0 Å². The average molecular weight is 306 g/mol. The van der Waals surface area contributed by atoms with Gasteiger partial charge in [0.1, 0.15) is 5.82 Å². The number of nitrogens with zero attached hydrogens (tertiary/aromatic N) is 3. The second-order valence-electron chi connectivity index (χ2n) is 5.85. The van der Waals surface area contributed by atoms with Crippen LogP contribution in [0, 0.1) is 0 Å². The maximum atomic E-state index is 11.6. The van der Waals surface area contributed by atoms with E-state index in [4.69, 9.17) is 0 Å². The van der Waals surface area contributed by atoms with Gasteiger partial charge >= 0.3 is 0 Å². The lowest BCUT2D eigenvalue weighted by Gasteiger charge is -2.38. The highest BCUT2D eigenvalue weighted by molar-refractivity contribution is 5.76. The van der Waals surface area contributed by atoms with Crippen LogP contribution in [0.15, 0.2) is 18.2 Å². The number of anilines is 1. The molecule has 0 bridgehead atoms. The number of carbonyl (C=O) groups is 1. The predicted octanol–water partition coefficient (Wildman–Crippen LogP) is 0.781. The lowest BCUT2D eigenvalue weighted by Crippen LogP contribution is -2.50. The first kappa shape index (κ1) is 16.7. The molecule has 2 atom stereocenters. The Morgan fingerprint density at radius 1 is 1.50 bits per heavy atom. The summed E-state index contributed by atoms with van der Waals surface area (Å²) in [4.78, 5) is 20.8. The van der Waals surface area contributed by atoms with Gasteiger partial charge in [-0.3, -0.25) is 4.79 Å². The van der Waals surface area contributed by atoms with Gasteiger partial charge < -0.3 is 20.2 Å². The van der Waals surface area contributed by atoms with Gasteiger partial charge in [0.25, 0.3) is 0 Å². The Balaban J connectivity index is 2.13. The van der Waals surface area contributed by atoms with Crippen molar-refractivity contribution in [3.63, 3.8) is 0 Å². The number of piperazine rings is 1. The van der Waals surface area contributed by atoms with E-state index in [1.54, 1.807) is 6.92 Å². The standard InChI is InChI=1S/C16H26N4O2/c1-4-16(22)18-14(11-21)13-6-5-7-15(17-13)20-9-8-19(3)12(2)10-20/h5-7,12,14,21H,4,8-11H2,1-3H3,(H,18,22)/t12-,14-/m1/s1. The fourth-order valence-electron chi connectivity index (χ4n) is 2.58. The second kappa shape index (κ2) is 7.56. The first-order valence-electron chi connectivity index (χ1n) is 7.87. The normalized spacial score (nSPS) is 20.7. The summed E-state index contributed by atoms with van der Waals surface area (Å²) < 4.78 is 0. The van der Waals surface area contributed by atoms with Crippen LogP contribution >= 0.6 is 0 Å². The molecule has 0 radical (unpaired) electrons. The number of likely N-dealkylation sites (N-methyl/N-ethyl adjacent to an activating group) is 1.